The minimum Gasteiger partial charge on any atom is -0.310 e. The van der Waals surface area contributed by atoms with Crippen molar-refractivity contribution in [2.75, 3.05) is 20.1 Å². The van der Waals surface area contributed by atoms with E-state index in [2.05, 4.69) is 17.3 Å². The topological polar surface area (TPSA) is 15.3 Å². The zero-order chi connectivity index (χ0) is 13.1. The molecule has 2 saturated carbocycles. The molecular formula is C17H32N2. The predicted octanol–water partition coefficient (Wildman–Crippen LogP) is 3.42. The van der Waals surface area contributed by atoms with Crippen LogP contribution >= 0.6 is 0 Å². The highest BCUT2D eigenvalue weighted by molar-refractivity contribution is 4.90. The molecule has 2 aliphatic carbocycles. The molecule has 2 nitrogen and oxygen atoms in total. The van der Waals surface area contributed by atoms with Crippen LogP contribution in [0.15, 0.2) is 0 Å². The van der Waals surface area contributed by atoms with Gasteiger partial charge in [0.05, 0.1) is 0 Å². The van der Waals surface area contributed by atoms with Gasteiger partial charge in [-0.2, -0.15) is 0 Å². The molecule has 0 amide bonds. The molecule has 1 aliphatic heterocycles. The van der Waals surface area contributed by atoms with E-state index in [0.717, 1.165) is 23.9 Å². The lowest BCUT2D eigenvalue weighted by molar-refractivity contribution is 0.142. The smallest absolute Gasteiger partial charge is 0.0209 e. The summed E-state index contributed by atoms with van der Waals surface area (Å²) in [6.07, 6.45) is 14.8. The number of nitrogens with one attached hydrogen (secondary N) is 1. The van der Waals surface area contributed by atoms with Crippen LogP contribution in [-0.4, -0.2) is 37.1 Å². The molecule has 0 bridgehead atoms. The molecule has 1 saturated heterocycles. The zero-order valence-corrected chi connectivity index (χ0v) is 12.7. The first-order valence-corrected chi connectivity index (χ1v) is 8.77. The third-order valence-corrected chi connectivity index (χ3v) is 5.92. The predicted molar refractivity (Wildman–Crippen MR) is 81.4 cm³/mol. The average Bonchev–Trinajstić information content (AvgIpc) is 2.86. The summed E-state index contributed by atoms with van der Waals surface area (Å²) >= 11 is 0. The second-order valence-electron chi connectivity index (χ2n) is 7.37. The van der Waals surface area contributed by atoms with Crippen LogP contribution in [0.5, 0.6) is 0 Å². The Labute approximate surface area is 119 Å². The Bertz CT molecular complexity index is 272. The van der Waals surface area contributed by atoms with Crippen LogP contribution in [-0.2, 0) is 0 Å². The highest BCUT2D eigenvalue weighted by Gasteiger charge is 2.34. The van der Waals surface area contributed by atoms with Gasteiger partial charge in [-0.3, -0.25) is 0 Å². The number of rotatable bonds is 3. The van der Waals surface area contributed by atoms with Crippen LogP contribution < -0.4 is 5.32 Å². The highest BCUT2D eigenvalue weighted by Crippen LogP contribution is 2.38. The van der Waals surface area contributed by atoms with E-state index in [0.29, 0.717) is 0 Å². The van der Waals surface area contributed by atoms with E-state index in [4.69, 9.17) is 0 Å². The summed E-state index contributed by atoms with van der Waals surface area (Å²) in [5.74, 6) is 2.05. The number of nitrogens with zero attached hydrogens (tertiary/aromatic N) is 1. The molecule has 3 unspecified atom stereocenters. The fraction of sp³-hybridized carbons (Fsp3) is 1.00. The molecule has 1 heterocycles. The Hall–Kier alpha value is -0.0800. The Morgan fingerprint density at radius 2 is 1.58 bits per heavy atom. The molecule has 1 N–H and O–H groups in total. The maximum atomic E-state index is 4.05. The van der Waals surface area contributed by atoms with Crippen molar-refractivity contribution in [2.45, 2.75) is 76.3 Å². The van der Waals surface area contributed by atoms with Crippen LogP contribution in [0, 0.1) is 11.8 Å². The lowest BCUT2D eigenvalue weighted by Gasteiger charge is -2.40. The second kappa shape index (κ2) is 6.58. The fourth-order valence-corrected chi connectivity index (χ4v) is 4.87. The number of likely N-dealkylation sites (N-methyl/N-ethyl adjacent to an activating group) is 1. The van der Waals surface area contributed by atoms with E-state index in [9.17, 15) is 0 Å². The minimum absolute atomic E-state index is 0.777. The fourth-order valence-electron chi connectivity index (χ4n) is 4.87. The molecule has 0 aromatic rings. The highest BCUT2D eigenvalue weighted by atomic mass is 15.2. The van der Waals surface area contributed by atoms with Gasteiger partial charge >= 0.3 is 0 Å². The normalized spacial score (nSPS) is 38.7. The lowest BCUT2D eigenvalue weighted by Crippen LogP contribution is -2.47. The molecule has 0 aromatic heterocycles. The van der Waals surface area contributed by atoms with Crippen molar-refractivity contribution in [3.8, 4) is 0 Å². The van der Waals surface area contributed by atoms with Crippen molar-refractivity contribution in [1.29, 1.82) is 0 Å². The van der Waals surface area contributed by atoms with Gasteiger partial charge in [0, 0.05) is 18.6 Å². The van der Waals surface area contributed by atoms with E-state index < -0.39 is 0 Å². The largest absolute Gasteiger partial charge is 0.310 e. The summed E-state index contributed by atoms with van der Waals surface area (Å²) in [5, 5.41) is 4.05. The van der Waals surface area contributed by atoms with Gasteiger partial charge < -0.3 is 10.2 Å². The van der Waals surface area contributed by atoms with Crippen molar-refractivity contribution in [1.82, 2.24) is 10.2 Å². The van der Waals surface area contributed by atoms with Crippen LogP contribution in [0.25, 0.3) is 0 Å². The van der Waals surface area contributed by atoms with Gasteiger partial charge in [0.15, 0.2) is 0 Å². The Morgan fingerprint density at radius 1 is 0.842 bits per heavy atom. The molecule has 0 aromatic carbocycles. The van der Waals surface area contributed by atoms with Crippen molar-refractivity contribution in [2.24, 2.45) is 11.8 Å². The molecule has 0 radical (unpaired) electrons. The summed E-state index contributed by atoms with van der Waals surface area (Å²) < 4.78 is 0. The summed E-state index contributed by atoms with van der Waals surface area (Å²) in [7, 11) is 2.27. The Balaban J connectivity index is 1.57. The summed E-state index contributed by atoms with van der Waals surface area (Å²) in [6.45, 7) is 2.56. The monoisotopic (exact) mass is 264 g/mol. The van der Waals surface area contributed by atoms with Crippen molar-refractivity contribution in [3.63, 3.8) is 0 Å². The maximum absolute atomic E-state index is 4.05. The first-order valence-electron chi connectivity index (χ1n) is 8.77. The maximum Gasteiger partial charge on any atom is 0.0209 e. The molecule has 110 valence electrons. The van der Waals surface area contributed by atoms with E-state index in [-0.39, 0.29) is 0 Å². The van der Waals surface area contributed by atoms with Crippen molar-refractivity contribution >= 4 is 0 Å². The zero-order valence-electron chi connectivity index (χ0n) is 12.7. The Morgan fingerprint density at radius 3 is 2.32 bits per heavy atom. The van der Waals surface area contributed by atoms with Crippen molar-refractivity contribution < 1.29 is 0 Å². The molecule has 3 atom stereocenters. The van der Waals surface area contributed by atoms with Gasteiger partial charge in [0.2, 0.25) is 0 Å². The van der Waals surface area contributed by atoms with E-state index in [1.165, 1.54) is 77.3 Å². The van der Waals surface area contributed by atoms with Gasteiger partial charge in [0.25, 0.3) is 0 Å². The Kier molecular flexibility index (Phi) is 4.81. The summed E-state index contributed by atoms with van der Waals surface area (Å²) in [6, 6.07) is 1.62. The van der Waals surface area contributed by atoms with Gasteiger partial charge in [-0.25, -0.2) is 0 Å². The lowest BCUT2D eigenvalue weighted by atomic mass is 9.71. The van der Waals surface area contributed by atoms with Crippen LogP contribution in [0.2, 0.25) is 0 Å². The molecule has 2 heteroatoms. The van der Waals surface area contributed by atoms with Gasteiger partial charge in [-0.1, -0.05) is 44.9 Å². The molecule has 3 fully saturated rings. The third kappa shape index (κ3) is 3.52. The van der Waals surface area contributed by atoms with E-state index >= 15 is 0 Å². The van der Waals surface area contributed by atoms with E-state index in [1.807, 2.05) is 0 Å². The summed E-state index contributed by atoms with van der Waals surface area (Å²) in [4.78, 5) is 2.48. The molecule has 19 heavy (non-hydrogen) atoms. The van der Waals surface area contributed by atoms with Gasteiger partial charge in [-0.15, -0.1) is 0 Å². The number of hydrogen-bond donors (Lipinski definition) is 1. The number of likely N-dealkylation sites (tertiary alicyclic amines) is 1. The second-order valence-corrected chi connectivity index (χ2v) is 7.37. The molecular weight excluding hydrogens is 232 g/mol. The SMILES string of the molecule is CN1CCC(NC2CCCCC2C2CCCCC2)C1. The first-order chi connectivity index (χ1) is 9.33. The van der Waals surface area contributed by atoms with E-state index in [1.54, 1.807) is 0 Å². The van der Waals surface area contributed by atoms with Crippen LogP contribution in [0.4, 0.5) is 0 Å². The number of hydrogen-bond acceptors (Lipinski definition) is 2. The van der Waals surface area contributed by atoms with Crippen LogP contribution in [0.1, 0.15) is 64.2 Å². The molecule has 3 aliphatic rings. The average molecular weight is 264 g/mol. The molecule has 0 spiro atoms. The van der Waals surface area contributed by atoms with Crippen molar-refractivity contribution in [3.05, 3.63) is 0 Å². The molecule has 3 rings (SSSR count). The van der Waals surface area contributed by atoms with Gasteiger partial charge in [0.1, 0.15) is 0 Å². The first kappa shape index (κ1) is 13.9. The van der Waals surface area contributed by atoms with Crippen LogP contribution in [0.3, 0.4) is 0 Å². The standard InChI is InChI=1S/C17H32N2/c1-19-12-11-15(13-19)18-17-10-6-5-9-16(17)14-7-3-2-4-8-14/h14-18H,2-13H2,1H3. The third-order valence-electron chi connectivity index (χ3n) is 5.92. The van der Waals surface area contributed by atoms with Gasteiger partial charge in [-0.05, 0) is 44.7 Å². The quantitative estimate of drug-likeness (QED) is 0.840. The summed E-state index contributed by atoms with van der Waals surface area (Å²) in [5.41, 5.74) is 0. The minimum atomic E-state index is 0.777.